The van der Waals surface area contributed by atoms with Crippen molar-refractivity contribution < 1.29 is 14.7 Å². The van der Waals surface area contributed by atoms with E-state index in [1.165, 1.54) is 0 Å². The molecule has 1 aliphatic rings. The van der Waals surface area contributed by atoms with Gasteiger partial charge in [-0.05, 0) is 26.2 Å². The van der Waals surface area contributed by atoms with Gasteiger partial charge in [-0.2, -0.15) is 0 Å². The predicted molar refractivity (Wildman–Crippen MR) is 64.8 cm³/mol. The third-order valence-electron chi connectivity index (χ3n) is 3.00. The Balaban J connectivity index is 2.60. The molecule has 0 saturated carbocycles. The molecule has 2 atom stereocenters. The number of carboxylic acids is 1. The minimum Gasteiger partial charge on any atom is -0.481 e. The third-order valence-corrected chi connectivity index (χ3v) is 3.00. The van der Waals surface area contributed by atoms with Crippen LogP contribution in [0.4, 0.5) is 4.79 Å². The minimum atomic E-state index is -0.855. The number of hydrogen-bond donors (Lipinski definition) is 2. The molecule has 2 N–H and O–H groups in total. The molecule has 2 amide bonds. The highest BCUT2D eigenvalue weighted by Gasteiger charge is 2.28. The highest BCUT2D eigenvalue weighted by atomic mass is 16.4. The zero-order valence-corrected chi connectivity index (χ0v) is 10.2. The van der Waals surface area contributed by atoms with Crippen molar-refractivity contribution in [2.24, 2.45) is 0 Å². The molecule has 2 unspecified atom stereocenters. The molecule has 0 aromatic heterocycles. The van der Waals surface area contributed by atoms with Crippen molar-refractivity contribution in [1.82, 2.24) is 10.2 Å². The maximum absolute atomic E-state index is 11.9. The van der Waals surface area contributed by atoms with E-state index in [9.17, 15) is 9.59 Å². The summed E-state index contributed by atoms with van der Waals surface area (Å²) in [7, 11) is 0. The minimum absolute atomic E-state index is 0.0237. The van der Waals surface area contributed by atoms with Gasteiger partial charge in [0.2, 0.25) is 0 Å². The lowest BCUT2D eigenvalue weighted by molar-refractivity contribution is -0.138. The van der Waals surface area contributed by atoms with Crippen LogP contribution in [0.3, 0.4) is 0 Å². The van der Waals surface area contributed by atoms with Crippen LogP contribution in [0.2, 0.25) is 0 Å². The number of urea groups is 1. The van der Waals surface area contributed by atoms with Crippen LogP contribution >= 0.6 is 0 Å². The maximum atomic E-state index is 11.9. The fraction of sp³-hybridized carbons (Fsp3) is 0.667. The molecule has 0 aromatic carbocycles. The van der Waals surface area contributed by atoms with E-state index in [0.717, 1.165) is 19.3 Å². The van der Waals surface area contributed by atoms with Crippen LogP contribution in [0.15, 0.2) is 12.7 Å². The van der Waals surface area contributed by atoms with Crippen LogP contribution in [0.25, 0.3) is 0 Å². The van der Waals surface area contributed by atoms with Crippen molar-refractivity contribution in [3.05, 3.63) is 12.7 Å². The number of nitrogens with one attached hydrogen (secondary N) is 1. The Kier molecular flexibility index (Phi) is 5.00. The van der Waals surface area contributed by atoms with E-state index < -0.39 is 5.97 Å². The largest absolute Gasteiger partial charge is 0.481 e. The maximum Gasteiger partial charge on any atom is 0.318 e. The van der Waals surface area contributed by atoms with Gasteiger partial charge in [-0.1, -0.05) is 6.08 Å². The summed E-state index contributed by atoms with van der Waals surface area (Å²) in [6.07, 6.45) is 4.36. The lowest BCUT2D eigenvalue weighted by Gasteiger charge is -2.35. The van der Waals surface area contributed by atoms with Crippen molar-refractivity contribution in [2.75, 3.05) is 6.54 Å². The first-order chi connectivity index (χ1) is 8.04. The van der Waals surface area contributed by atoms with Gasteiger partial charge in [-0.25, -0.2) is 4.79 Å². The summed E-state index contributed by atoms with van der Waals surface area (Å²) in [6, 6.07) is -0.475. The monoisotopic (exact) mass is 240 g/mol. The molecule has 1 fully saturated rings. The van der Waals surface area contributed by atoms with Gasteiger partial charge >= 0.3 is 12.0 Å². The number of aliphatic carboxylic acids is 1. The molecule has 96 valence electrons. The normalized spacial score (nSPS) is 21.7. The molecule has 1 heterocycles. The second kappa shape index (κ2) is 6.27. The summed E-state index contributed by atoms with van der Waals surface area (Å²) in [6.45, 7) is 6.07. The number of amides is 2. The van der Waals surface area contributed by atoms with Crippen LogP contribution in [0.5, 0.6) is 0 Å². The van der Waals surface area contributed by atoms with E-state index in [0.29, 0.717) is 6.54 Å². The van der Waals surface area contributed by atoms with Crippen LogP contribution in [0, 0.1) is 0 Å². The number of carbonyl (C=O) groups is 2. The van der Waals surface area contributed by atoms with Gasteiger partial charge in [-0.3, -0.25) is 4.79 Å². The lowest BCUT2D eigenvalue weighted by atomic mass is 10.00. The molecule has 5 heteroatoms. The molecular formula is C12H20N2O3. The smallest absolute Gasteiger partial charge is 0.318 e. The summed E-state index contributed by atoms with van der Waals surface area (Å²) in [5.74, 6) is -0.855. The van der Waals surface area contributed by atoms with Crippen molar-refractivity contribution in [1.29, 1.82) is 0 Å². The number of piperidine rings is 1. The van der Waals surface area contributed by atoms with E-state index in [2.05, 4.69) is 11.9 Å². The van der Waals surface area contributed by atoms with Crippen molar-refractivity contribution >= 4 is 12.0 Å². The van der Waals surface area contributed by atoms with Crippen LogP contribution in [0.1, 0.15) is 32.6 Å². The molecule has 1 rings (SSSR count). The molecule has 1 aliphatic heterocycles. The van der Waals surface area contributed by atoms with Crippen LogP contribution < -0.4 is 5.32 Å². The summed E-state index contributed by atoms with van der Waals surface area (Å²) < 4.78 is 0. The van der Waals surface area contributed by atoms with Crippen LogP contribution in [-0.4, -0.2) is 40.6 Å². The van der Waals surface area contributed by atoms with E-state index in [1.54, 1.807) is 11.0 Å². The first-order valence-corrected chi connectivity index (χ1v) is 5.96. The Morgan fingerprint density at radius 1 is 1.59 bits per heavy atom. The summed E-state index contributed by atoms with van der Waals surface area (Å²) >= 11 is 0. The highest BCUT2D eigenvalue weighted by molar-refractivity contribution is 5.76. The average molecular weight is 240 g/mol. The quantitative estimate of drug-likeness (QED) is 0.733. The van der Waals surface area contributed by atoms with E-state index in [4.69, 9.17) is 5.11 Å². The predicted octanol–water partition coefficient (Wildman–Crippen LogP) is 1.60. The fourth-order valence-electron chi connectivity index (χ4n) is 2.02. The van der Waals surface area contributed by atoms with E-state index in [1.807, 2.05) is 6.92 Å². The first-order valence-electron chi connectivity index (χ1n) is 5.96. The average Bonchev–Trinajstić information content (AvgIpc) is 2.28. The van der Waals surface area contributed by atoms with Crippen molar-refractivity contribution in [3.63, 3.8) is 0 Å². The molecule has 0 bridgehead atoms. The first kappa shape index (κ1) is 13.5. The van der Waals surface area contributed by atoms with Gasteiger partial charge in [0, 0.05) is 18.6 Å². The second-order valence-electron chi connectivity index (χ2n) is 4.41. The molecule has 0 radical (unpaired) electrons. The van der Waals surface area contributed by atoms with Crippen molar-refractivity contribution in [3.8, 4) is 0 Å². The Morgan fingerprint density at radius 2 is 2.29 bits per heavy atom. The van der Waals surface area contributed by atoms with Gasteiger partial charge in [0.05, 0.1) is 6.42 Å². The SMILES string of the molecule is C=CC(C)NC(=O)N1CCCCC1CC(=O)O. The van der Waals surface area contributed by atoms with Gasteiger partial charge in [0.25, 0.3) is 0 Å². The highest BCUT2D eigenvalue weighted by Crippen LogP contribution is 2.19. The standard InChI is InChI=1S/C12H20N2O3/c1-3-9(2)13-12(17)14-7-5-4-6-10(14)8-11(15)16/h3,9-10H,1,4-8H2,2H3,(H,13,17)(H,15,16). The summed E-state index contributed by atoms with van der Waals surface area (Å²) in [4.78, 5) is 24.3. The van der Waals surface area contributed by atoms with Gasteiger partial charge in [-0.15, -0.1) is 6.58 Å². The van der Waals surface area contributed by atoms with Crippen molar-refractivity contribution in [2.45, 2.75) is 44.7 Å². The third kappa shape index (κ3) is 4.09. The van der Waals surface area contributed by atoms with Gasteiger partial charge < -0.3 is 15.3 Å². The summed E-state index contributed by atoms with van der Waals surface area (Å²) in [5.41, 5.74) is 0. The van der Waals surface area contributed by atoms with Gasteiger partial charge in [0.15, 0.2) is 0 Å². The number of nitrogens with zero attached hydrogens (tertiary/aromatic N) is 1. The second-order valence-corrected chi connectivity index (χ2v) is 4.41. The van der Waals surface area contributed by atoms with E-state index >= 15 is 0 Å². The fourth-order valence-corrected chi connectivity index (χ4v) is 2.02. The molecule has 0 spiro atoms. The molecule has 0 aromatic rings. The Bertz CT molecular complexity index is 304. The number of carboxylic acid groups (broad SMARTS) is 1. The Morgan fingerprint density at radius 3 is 2.88 bits per heavy atom. The molecular weight excluding hydrogens is 220 g/mol. The number of likely N-dealkylation sites (tertiary alicyclic amines) is 1. The lowest BCUT2D eigenvalue weighted by Crippen LogP contribution is -2.51. The Labute approximate surface area is 101 Å². The van der Waals surface area contributed by atoms with Gasteiger partial charge in [0.1, 0.15) is 0 Å². The Hall–Kier alpha value is -1.52. The van der Waals surface area contributed by atoms with E-state index in [-0.39, 0.29) is 24.5 Å². The number of carbonyl (C=O) groups excluding carboxylic acids is 1. The summed E-state index contributed by atoms with van der Waals surface area (Å²) in [5, 5.41) is 11.6. The molecule has 5 nitrogen and oxygen atoms in total. The van der Waals surface area contributed by atoms with Crippen LogP contribution in [-0.2, 0) is 4.79 Å². The zero-order valence-electron chi connectivity index (χ0n) is 10.2. The number of hydrogen-bond acceptors (Lipinski definition) is 2. The topological polar surface area (TPSA) is 69.6 Å². The zero-order chi connectivity index (χ0) is 12.8. The molecule has 0 aliphatic carbocycles. The molecule has 1 saturated heterocycles. The molecule has 17 heavy (non-hydrogen) atoms. The number of rotatable bonds is 4.